The largest absolute Gasteiger partial charge is 0.482 e. The predicted molar refractivity (Wildman–Crippen MR) is 120 cm³/mol. The lowest BCUT2D eigenvalue weighted by molar-refractivity contribution is -0.133. The average Bonchev–Trinajstić information content (AvgIpc) is 3.16. The van der Waals surface area contributed by atoms with E-state index in [2.05, 4.69) is 5.32 Å². The Kier molecular flexibility index (Phi) is 7.52. The van der Waals surface area contributed by atoms with Gasteiger partial charge in [-0.25, -0.2) is 0 Å². The SMILES string of the molecule is CCN(CC)C(=O)COc1ccc(NC(=O)C2CC(=O)N(c3ccccc3)C2)cc1Cl. The molecule has 0 aromatic heterocycles. The van der Waals surface area contributed by atoms with Gasteiger partial charge in [0.1, 0.15) is 5.75 Å². The summed E-state index contributed by atoms with van der Waals surface area (Å²) in [5, 5.41) is 3.10. The van der Waals surface area contributed by atoms with Crippen LogP contribution in [0.25, 0.3) is 0 Å². The lowest BCUT2D eigenvalue weighted by Crippen LogP contribution is -2.34. The molecule has 1 aliphatic heterocycles. The molecular weight excluding hydrogens is 418 g/mol. The summed E-state index contributed by atoms with van der Waals surface area (Å²) in [4.78, 5) is 40.4. The minimum absolute atomic E-state index is 0.0778. The molecule has 31 heavy (non-hydrogen) atoms. The highest BCUT2D eigenvalue weighted by Gasteiger charge is 2.35. The third-order valence-electron chi connectivity index (χ3n) is 5.23. The monoisotopic (exact) mass is 443 g/mol. The van der Waals surface area contributed by atoms with E-state index in [9.17, 15) is 14.4 Å². The smallest absolute Gasteiger partial charge is 0.260 e. The Balaban J connectivity index is 1.58. The normalized spacial score (nSPS) is 15.6. The van der Waals surface area contributed by atoms with Crippen LogP contribution in [-0.4, -0.2) is 48.9 Å². The van der Waals surface area contributed by atoms with Crippen LogP contribution in [0.15, 0.2) is 48.5 Å². The second kappa shape index (κ2) is 10.3. The van der Waals surface area contributed by atoms with Crippen LogP contribution < -0.4 is 15.0 Å². The number of anilines is 2. The summed E-state index contributed by atoms with van der Waals surface area (Å²) in [5.41, 5.74) is 1.29. The molecule has 2 aromatic rings. The van der Waals surface area contributed by atoms with Gasteiger partial charge in [-0.2, -0.15) is 0 Å². The number of hydrogen-bond donors (Lipinski definition) is 1. The third-order valence-corrected chi connectivity index (χ3v) is 5.53. The molecule has 1 unspecified atom stereocenters. The van der Waals surface area contributed by atoms with Crippen LogP contribution in [0.2, 0.25) is 5.02 Å². The van der Waals surface area contributed by atoms with Crippen molar-refractivity contribution in [2.45, 2.75) is 20.3 Å². The molecular formula is C23H26ClN3O4. The van der Waals surface area contributed by atoms with Gasteiger partial charge in [0, 0.05) is 37.4 Å². The maximum Gasteiger partial charge on any atom is 0.260 e. The molecule has 0 saturated carbocycles. The van der Waals surface area contributed by atoms with E-state index < -0.39 is 5.92 Å². The van der Waals surface area contributed by atoms with Crippen LogP contribution in [0.4, 0.5) is 11.4 Å². The molecule has 2 aromatic carbocycles. The fourth-order valence-electron chi connectivity index (χ4n) is 3.49. The van der Waals surface area contributed by atoms with Crippen LogP contribution in [0, 0.1) is 5.92 Å². The Labute approximate surface area is 186 Å². The number of amides is 3. The standard InChI is InChI=1S/C23H26ClN3O4/c1-3-26(4-2)22(29)15-31-20-11-10-17(13-19(20)24)25-23(30)16-12-21(28)27(14-16)18-8-6-5-7-9-18/h5-11,13,16H,3-4,12,14-15H2,1-2H3,(H,25,30). The van der Waals surface area contributed by atoms with Crippen molar-refractivity contribution in [2.75, 3.05) is 36.5 Å². The number of ether oxygens (including phenoxy) is 1. The fraction of sp³-hybridized carbons (Fsp3) is 0.348. The van der Waals surface area contributed by atoms with Crippen LogP contribution in [0.5, 0.6) is 5.75 Å². The first-order valence-electron chi connectivity index (χ1n) is 10.3. The van der Waals surface area contributed by atoms with Crippen LogP contribution in [0.3, 0.4) is 0 Å². The van der Waals surface area contributed by atoms with E-state index in [1.165, 1.54) is 0 Å². The van der Waals surface area contributed by atoms with Crippen molar-refractivity contribution < 1.29 is 19.1 Å². The maximum atomic E-state index is 12.7. The van der Waals surface area contributed by atoms with E-state index in [1.807, 2.05) is 44.2 Å². The molecule has 1 fully saturated rings. The molecule has 0 bridgehead atoms. The lowest BCUT2D eigenvalue weighted by atomic mass is 10.1. The molecule has 1 aliphatic rings. The minimum Gasteiger partial charge on any atom is -0.482 e. The number of rotatable bonds is 8. The summed E-state index contributed by atoms with van der Waals surface area (Å²) in [5.74, 6) is -0.521. The van der Waals surface area contributed by atoms with Gasteiger partial charge in [0.2, 0.25) is 11.8 Å². The summed E-state index contributed by atoms with van der Waals surface area (Å²) in [7, 11) is 0. The zero-order valence-electron chi connectivity index (χ0n) is 17.6. The number of likely N-dealkylation sites (N-methyl/N-ethyl adjacent to an activating group) is 1. The zero-order valence-corrected chi connectivity index (χ0v) is 18.4. The van der Waals surface area contributed by atoms with Crippen molar-refractivity contribution >= 4 is 40.7 Å². The van der Waals surface area contributed by atoms with Crippen molar-refractivity contribution in [3.8, 4) is 5.75 Å². The van der Waals surface area contributed by atoms with E-state index in [4.69, 9.17) is 16.3 Å². The van der Waals surface area contributed by atoms with Gasteiger partial charge in [0.15, 0.2) is 6.61 Å². The van der Waals surface area contributed by atoms with Gasteiger partial charge < -0.3 is 19.9 Å². The highest BCUT2D eigenvalue weighted by atomic mass is 35.5. The highest BCUT2D eigenvalue weighted by Crippen LogP contribution is 2.29. The second-order valence-electron chi connectivity index (χ2n) is 7.23. The van der Waals surface area contributed by atoms with E-state index in [0.717, 1.165) is 5.69 Å². The Morgan fingerprint density at radius 1 is 1.16 bits per heavy atom. The van der Waals surface area contributed by atoms with Crippen LogP contribution in [-0.2, 0) is 14.4 Å². The summed E-state index contributed by atoms with van der Waals surface area (Å²) < 4.78 is 5.53. The first kappa shape index (κ1) is 22.6. The van der Waals surface area contributed by atoms with Crippen molar-refractivity contribution in [1.29, 1.82) is 0 Å². The van der Waals surface area contributed by atoms with Crippen molar-refractivity contribution in [2.24, 2.45) is 5.92 Å². The van der Waals surface area contributed by atoms with Gasteiger partial charge >= 0.3 is 0 Å². The van der Waals surface area contributed by atoms with Crippen molar-refractivity contribution in [3.05, 3.63) is 53.6 Å². The quantitative estimate of drug-likeness (QED) is 0.676. The van der Waals surface area contributed by atoms with Gasteiger partial charge in [0.25, 0.3) is 5.91 Å². The first-order chi connectivity index (χ1) is 14.9. The van der Waals surface area contributed by atoms with Gasteiger partial charge in [-0.1, -0.05) is 29.8 Å². The molecule has 1 N–H and O–H groups in total. The number of halogens is 1. The van der Waals surface area contributed by atoms with Crippen LogP contribution >= 0.6 is 11.6 Å². The third kappa shape index (κ3) is 5.55. The molecule has 0 aliphatic carbocycles. The van der Waals surface area contributed by atoms with Crippen molar-refractivity contribution in [3.63, 3.8) is 0 Å². The van der Waals surface area contributed by atoms with Gasteiger partial charge in [-0.3, -0.25) is 14.4 Å². The molecule has 0 spiro atoms. The van der Waals surface area contributed by atoms with E-state index in [1.54, 1.807) is 28.0 Å². The molecule has 3 amide bonds. The highest BCUT2D eigenvalue weighted by molar-refractivity contribution is 6.32. The summed E-state index contributed by atoms with van der Waals surface area (Å²) >= 11 is 6.27. The number of nitrogens with zero attached hydrogens (tertiary/aromatic N) is 2. The predicted octanol–water partition coefficient (Wildman–Crippen LogP) is 3.58. The Morgan fingerprint density at radius 2 is 1.87 bits per heavy atom. The van der Waals surface area contributed by atoms with Gasteiger partial charge in [0.05, 0.1) is 10.9 Å². The molecule has 1 atom stereocenters. The Morgan fingerprint density at radius 3 is 2.52 bits per heavy atom. The number of carbonyl (C=O) groups excluding carboxylic acids is 3. The van der Waals surface area contributed by atoms with Gasteiger partial charge in [-0.05, 0) is 44.2 Å². The average molecular weight is 444 g/mol. The van der Waals surface area contributed by atoms with Crippen LogP contribution in [0.1, 0.15) is 20.3 Å². The summed E-state index contributed by atoms with van der Waals surface area (Å²) in [6.07, 6.45) is 0.156. The maximum absolute atomic E-state index is 12.7. The minimum atomic E-state index is -0.450. The van der Waals surface area contributed by atoms with Crippen molar-refractivity contribution in [1.82, 2.24) is 4.90 Å². The molecule has 8 heteroatoms. The number of benzene rings is 2. The fourth-order valence-corrected chi connectivity index (χ4v) is 3.72. The molecule has 0 radical (unpaired) electrons. The Bertz CT molecular complexity index is 947. The molecule has 3 rings (SSSR count). The second-order valence-corrected chi connectivity index (χ2v) is 7.64. The Hall–Kier alpha value is -3.06. The molecule has 164 valence electrons. The topological polar surface area (TPSA) is 79.0 Å². The molecule has 1 saturated heterocycles. The summed E-state index contributed by atoms with van der Waals surface area (Å²) in [6.45, 7) is 5.26. The van der Waals surface area contributed by atoms with E-state index >= 15 is 0 Å². The lowest BCUT2D eigenvalue weighted by Gasteiger charge is -2.19. The zero-order chi connectivity index (χ0) is 22.4. The molecule has 1 heterocycles. The first-order valence-corrected chi connectivity index (χ1v) is 10.7. The number of para-hydroxylation sites is 1. The number of carbonyl (C=O) groups is 3. The van der Waals surface area contributed by atoms with Gasteiger partial charge in [-0.15, -0.1) is 0 Å². The number of hydrogen-bond acceptors (Lipinski definition) is 4. The summed E-state index contributed by atoms with van der Waals surface area (Å²) in [6, 6.07) is 14.1. The van der Waals surface area contributed by atoms with E-state index in [0.29, 0.717) is 36.1 Å². The molecule has 7 nitrogen and oxygen atoms in total. The number of nitrogens with one attached hydrogen (secondary N) is 1. The van der Waals surface area contributed by atoms with E-state index in [-0.39, 0.29) is 30.7 Å².